The zero-order valence-corrected chi connectivity index (χ0v) is 12.5. The maximum absolute atomic E-state index is 11.9. The molecule has 2 N–H and O–H groups in total. The molecule has 1 aliphatic carbocycles. The van der Waals surface area contributed by atoms with Crippen molar-refractivity contribution < 1.29 is 4.79 Å². The highest BCUT2D eigenvalue weighted by molar-refractivity contribution is 5.85. The Labute approximate surface area is 122 Å². The fourth-order valence-corrected chi connectivity index (χ4v) is 4.37. The summed E-state index contributed by atoms with van der Waals surface area (Å²) >= 11 is 0. The maximum atomic E-state index is 11.9. The quantitative estimate of drug-likeness (QED) is 0.866. The van der Waals surface area contributed by atoms with Crippen LogP contribution in [0.2, 0.25) is 0 Å². The van der Waals surface area contributed by atoms with Crippen LogP contribution >= 0.6 is 12.4 Å². The highest BCUT2D eigenvalue weighted by atomic mass is 35.5. The Morgan fingerprint density at radius 3 is 2.68 bits per heavy atom. The Bertz CT molecular complexity index is 326. The summed E-state index contributed by atoms with van der Waals surface area (Å²) in [5.74, 6) is 0.716. The molecule has 0 spiro atoms. The van der Waals surface area contributed by atoms with Crippen molar-refractivity contribution in [3.8, 4) is 0 Å². The van der Waals surface area contributed by atoms with Gasteiger partial charge in [-0.15, -0.1) is 12.4 Å². The van der Waals surface area contributed by atoms with E-state index in [0.717, 1.165) is 38.1 Å². The predicted octanol–water partition coefficient (Wildman–Crippen LogP) is 2.68. The van der Waals surface area contributed by atoms with Gasteiger partial charge in [-0.3, -0.25) is 9.69 Å². The van der Waals surface area contributed by atoms with Crippen LogP contribution in [0.25, 0.3) is 0 Å². The molecule has 0 aromatic rings. The van der Waals surface area contributed by atoms with Gasteiger partial charge in [0, 0.05) is 12.6 Å². The third kappa shape index (κ3) is 2.64. The van der Waals surface area contributed by atoms with Crippen molar-refractivity contribution in [1.29, 1.82) is 0 Å². The lowest BCUT2D eigenvalue weighted by Crippen LogP contribution is -2.59. The van der Waals surface area contributed by atoms with Crippen molar-refractivity contribution in [2.45, 2.75) is 69.4 Å². The van der Waals surface area contributed by atoms with Gasteiger partial charge < -0.3 is 5.73 Å². The van der Waals surface area contributed by atoms with Crippen molar-refractivity contribution in [3.63, 3.8) is 0 Å². The van der Waals surface area contributed by atoms with E-state index in [-0.39, 0.29) is 23.9 Å². The third-order valence-electron chi connectivity index (χ3n) is 5.44. The molecule has 3 rings (SSSR count). The lowest BCUT2D eigenvalue weighted by Gasteiger charge is -2.44. The number of nitrogens with zero attached hydrogens (tertiary/aromatic N) is 1. The normalized spacial score (nSPS) is 35.9. The van der Waals surface area contributed by atoms with Gasteiger partial charge in [-0.2, -0.15) is 0 Å². The highest BCUT2D eigenvalue weighted by Gasteiger charge is 2.52. The molecule has 3 aliphatic rings. The van der Waals surface area contributed by atoms with Crippen LogP contribution in [-0.2, 0) is 4.79 Å². The standard InChI is InChI=1S/C15H25N2O.ClH/c16-14(18)15-9-4-7-13(8-10-15)17(15)11-12-5-2-1-3-6-12;/h4,12-13H,1-3,5-11H2,(H2,16,18);1H. The molecule has 1 amide bonds. The number of carbonyl (C=O) groups is 1. The van der Waals surface area contributed by atoms with Crippen molar-refractivity contribution >= 4 is 18.3 Å². The minimum Gasteiger partial charge on any atom is -0.368 e. The van der Waals surface area contributed by atoms with E-state index in [2.05, 4.69) is 11.3 Å². The molecule has 1 radical (unpaired) electrons. The number of amides is 1. The monoisotopic (exact) mass is 285 g/mol. The van der Waals surface area contributed by atoms with Crippen molar-refractivity contribution in [3.05, 3.63) is 6.42 Å². The topological polar surface area (TPSA) is 46.3 Å². The second-order valence-electron chi connectivity index (χ2n) is 6.47. The molecule has 2 atom stereocenters. The summed E-state index contributed by atoms with van der Waals surface area (Å²) in [6.07, 6.45) is 13.3. The van der Waals surface area contributed by atoms with Crippen molar-refractivity contribution in [2.24, 2.45) is 11.7 Å². The molecule has 2 saturated heterocycles. The van der Waals surface area contributed by atoms with E-state index in [1.165, 1.54) is 32.1 Å². The predicted molar refractivity (Wildman–Crippen MR) is 79.0 cm³/mol. The fourth-order valence-electron chi connectivity index (χ4n) is 4.37. The van der Waals surface area contributed by atoms with Crippen LogP contribution in [-0.4, -0.2) is 28.9 Å². The van der Waals surface area contributed by atoms with E-state index in [1.54, 1.807) is 0 Å². The molecule has 109 valence electrons. The minimum atomic E-state index is -0.319. The molecule has 3 fully saturated rings. The van der Waals surface area contributed by atoms with Gasteiger partial charge >= 0.3 is 0 Å². The summed E-state index contributed by atoms with van der Waals surface area (Å²) in [5, 5.41) is 0. The molecule has 3 nitrogen and oxygen atoms in total. The largest absolute Gasteiger partial charge is 0.368 e. The number of nitrogens with two attached hydrogens (primary N) is 1. The van der Waals surface area contributed by atoms with Gasteiger partial charge in [0.25, 0.3) is 0 Å². The summed E-state index contributed by atoms with van der Waals surface area (Å²) in [4.78, 5) is 14.4. The first-order chi connectivity index (χ1) is 8.72. The number of primary amides is 1. The van der Waals surface area contributed by atoms with Crippen molar-refractivity contribution in [2.75, 3.05) is 6.54 Å². The zero-order valence-electron chi connectivity index (χ0n) is 11.6. The summed E-state index contributed by atoms with van der Waals surface area (Å²) in [6, 6.07) is 0.591. The molecule has 2 heterocycles. The first-order valence-electron chi connectivity index (χ1n) is 7.61. The lowest BCUT2D eigenvalue weighted by atomic mass is 9.83. The molecular formula is C15H26ClN2O. The van der Waals surface area contributed by atoms with Crippen LogP contribution in [0.3, 0.4) is 0 Å². The molecule has 0 aromatic heterocycles. The SMILES string of the molecule is Cl.NC(=O)C12C[CH]CC(CC1)N2CC1CCCCC1. The minimum absolute atomic E-state index is 0. The van der Waals surface area contributed by atoms with E-state index in [4.69, 9.17) is 5.73 Å². The smallest absolute Gasteiger partial charge is 0.237 e. The Morgan fingerprint density at radius 2 is 2.00 bits per heavy atom. The Morgan fingerprint density at radius 1 is 1.26 bits per heavy atom. The Balaban J connectivity index is 0.00000133. The van der Waals surface area contributed by atoms with E-state index >= 15 is 0 Å². The van der Waals surface area contributed by atoms with E-state index in [0.29, 0.717) is 6.04 Å². The molecule has 0 aromatic carbocycles. The Kier molecular flexibility index (Phi) is 4.78. The molecule has 2 bridgehead atoms. The summed E-state index contributed by atoms with van der Waals surface area (Å²) in [7, 11) is 0. The van der Waals surface area contributed by atoms with Crippen LogP contribution in [0.4, 0.5) is 0 Å². The number of halogens is 1. The molecule has 2 unspecified atom stereocenters. The second-order valence-corrected chi connectivity index (χ2v) is 6.47. The number of rotatable bonds is 3. The van der Waals surface area contributed by atoms with Gasteiger partial charge in [-0.25, -0.2) is 0 Å². The number of hydrogen-bond donors (Lipinski definition) is 1. The maximum Gasteiger partial charge on any atom is 0.237 e. The van der Waals surface area contributed by atoms with Crippen LogP contribution in [0.15, 0.2) is 0 Å². The van der Waals surface area contributed by atoms with Crippen LogP contribution < -0.4 is 5.73 Å². The summed E-state index contributed by atoms with van der Waals surface area (Å²) < 4.78 is 0. The lowest BCUT2D eigenvalue weighted by molar-refractivity contribution is -0.131. The first-order valence-corrected chi connectivity index (χ1v) is 7.61. The van der Waals surface area contributed by atoms with Crippen LogP contribution in [0, 0.1) is 12.3 Å². The molecule has 4 heteroatoms. The number of hydrogen-bond acceptors (Lipinski definition) is 2. The number of fused-ring (bicyclic) bond motifs is 2. The second kappa shape index (κ2) is 6.01. The fraction of sp³-hybridized carbons (Fsp3) is 0.867. The molecule has 19 heavy (non-hydrogen) atoms. The first kappa shape index (κ1) is 15.1. The van der Waals surface area contributed by atoms with Crippen LogP contribution in [0.5, 0.6) is 0 Å². The summed E-state index contributed by atoms with van der Waals surface area (Å²) in [5.41, 5.74) is 5.42. The van der Waals surface area contributed by atoms with Gasteiger partial charge in [0.2, 0.25) is 5.91 Å². The van der Waals surface area contributed by atoms with Gasteiger partial charge in [0.05, 0.1) is 0 Å². The summed E-state index contributed by atoms with van der Waals surface area (Å²) in [6.45, 7) is 1.11. The Hall–Kier alpha value is -0.280. The van der Waals surface area contributed by atoms with E-state index in [9.17, 15) is 4.79 Å². The number of carbonyl (C=O) groups excluding carboxylic acids is 1. The van der Waals surface area contributed by atoms with E-state index in [1.807, 2.05) is 0 Å². The van der Waals surface area contributed by atoms with Gasteiger partial charge in [-0.1, -0.05) is 19.3 Å². The average Bonchev–Trinajstić information content (AvgIpc) is 2.60. The van der Waals surface area contributed by atoms with Crippen molar-refractivity contribution in [1.82, 2.24) is 4.90 Å². The van der Waals surface area contributed by atoms with Gasteiger partial charge in [-0.05, 0) is 50.9 Å². The number of piperidine rings is 1. The third-order valence-corrected chi connectivity index (χ3v) is 5.44. The average molecular weight is 286 g/mol. The van der Waals surface area contributed by atoms with Gasteiger partial charge in [0.15, 0.2) is 0 Å². The van der Waals surface area contributed by atoms with Crippen LogP contribution in [0.1, 0.15) is 57.8 Å². The molecular weight excluding hydrogens is 260 g/mol. The molecule has 2 aliphatic heterocycles. The van der Waals surface area contributed by atoms with Gasteiger partial charge in [0.1, 0.15) is 5.54 Å². The zero-order chi connectivity index (χ0) is 12.6. The highest BCUT2D eigenvalue weighted by Crippen LogP contribution is 2.44. The molecule has 1 saturated carbocycles. The van der Waals surface area contributed by atoms with E-state index < -0.39 is 0 Å².